The van der Waals surface area contributed by atoms with Gasteiger partial charge in [-0.05, 0) is 44.9 Å². The smallest absolute Gasteiger partial charge is 0.271 e. The lowest BCUT2D eigenvalue weighted by Crippen LogP contribution is -2.31. The molecule has 0 amide bonds. The standard InChI is InChI=1S/C14H17N5O4S/c1-8-5-12(19(20)21)7-13(11(8)4)24(22,23)18-17-14-15-9(2)6-10(3)16-14/h5-7,18H,1-4H3,(H,15,16,17). The van der Waals surface area contributed by atoms with E-state index >= 15 is 0 Å². The summed E-state index contributed by atoms with van der Waals surface area (Å²) < 4.78 is 24.9. The first-order valence-electron chi connectivity index (χ1n) is 6.96. The maximum Gasteiger partial charge on any atom is 0.271 e. The minimum absolute atomic E-state index is 0.0934. The lowest BCUT2D eigenvalue weighted by molar-refractivity contribution is -0.385. The predicted octanol–water partition coefficient (Wildman–Crippen LogP) is 1.92. The zero-order chi connectivity index (χ0) is 18.1. The number of hydrogen-bond acceptors (Lipinski definition) is 7. The third-order valence-electron chi connectivity index (χ3n) is 3.38. The van der Waals surface area contributed by atoms with Crippen LogP contribution in [0.5, 0.6) is 0 Å². The van der Waals surface area contributed by atoms with Crippen LogP contribution >= 0.6 is 0 Å². The van der Waals surface area contributed by atoms with Gasteiger partial charge in [-0.2, -0.15) is 0 Å². The largest absolute Gasteiger partial charge is 0.276 e. The Labute approximate surface area is 139 Å². The summed E-state index contributed by atoms with van der Waals surface area (Å²) in [6.45, 7) is 6.70. The Morgan fingerprint density at radius 2 is 1.62 bits per heavy atom. The van der Waals surface area contributed by atoms with Crippen LogP contribution in [0.25, 0.3) is 0 Å². The van der Waals surface area contributed by atoms with Crippen LogP contribution in [0.15, 0.2) is 23.1 Å². The first-order chi connectivity index (χ1) is 11.1. The lowest BCUT2D eigenvalue weighted by Gasteiger charge is -2.12. The van der Waals surface area contributed by atoms with Gasteiger partial charge in [0.05, 0.1) is 9.82 Å². The molecule has 2 rings (SSSR count). The number of sulfonamides is 1. The molecule has 2 aromatic rings. The molecule has 0 fully saturated rings. The van der Waals surface area contributed by atoms with E-state index in [2.05, 4.69) is 20.2 Å². The Kier molecular flexibility index (Phi) is 4.81. The van der Waals surface area contributed by atoms with Gasteiger partial charge in [0.15, 0.2) is 0 Å². The Hall–Kier alpha value is -2.59. The average Bonchev–Trinajstić information content (AvgIpc) is 2.46. The second-order valence-corrected chi connectivity index (χ2v) is 7.00. The van der Waals surface area contributed by atoms with Crippen molar-refractivity contribution in [2.45, 2.75) is 32.6 Å². The number of anilines is 1. The molecule has 1 heterocycles. The second-order valence-electron chi connectivity index (χ2n) is 5.35. The van der Waals surface area contributed by atoms with E-state index in [1.54, 1.807) is 33.8 Å². The molecule has 9 nitrogen and oxygen atoms in total. The van der Waals surface area contributed by atoms with Crippen molar-refractivity contribution in [1.29, 1.82) is 0 Å². The molecule has 0 aliphatic heterocycles. The predicted molar refractivity (Wildman–Crippen MR) is 88.0 cm³/mol. The van der Waals surface area contributed by atoms with Crippen molar-refractivity contribution in [3.05, 3.63) is 50.8 Å². The van der Waals surface area contributed by atoms with E-state index in [0.29, 0.717) is 22.5 Å². The first kappa shape index (κ1) is 17.8. The lowest BCUT2D eigenvalue weighted by atomic mass is 10.1. The average molecular weight is 351 g/mol. The van der Waals surface area contributed by atoms with Gasteiger partial charge in [-0.15, -0.1) is 4.83 Å². The molecule has 0 saturated carbocycles. The normalized spacial score (nSPS) is 11.3. The van der Waals surface area contributed by atoms with Gasteiger partial charge in [0, 0.05) is 23.5 Å². The van der Waals surface area contributed by atoms with Crippen LogP contribution in [0, 0.1) is 37.8 Å². The fourth-order valence-corrected chi connectivity index (χ4v) is 3.32. The molecule has 0 atom stereocenters. The molecule has 1 aromatic carbocycles. The molecule has 1 aromatic heterocycles. The van der Waals surface area contributed by atoms with Crippen LogP contribution in [-0.2, 0) is 10.0 Å². The van der Waals surface area contributed by atoms with Gasteiger partial charge in [-0.3, -0.25) is 15.5 Å². The zero-order valence-electron chi connectivity index (χ0n) is 13.6. The molecular formula is C14H17N5O4S. The van der Waals surface area contributed by atoms with Crippen LogP contribution in [0.1, 0.15) is 22.5 Å². The van der Waals surface area contributed by atoms with Crippen LogP contribution in [0.4, 0.5) is 11.6 Å². The minimum Gasteiger partial charge on any atom is -0.276 e. The van der Waals surface area contributed by atoms with Crippen LogP contribution in [0.3, 0.4) is 0 Å². The minimum atomic E-state index is -4.04. The molecule has 0 aliphatic carbocycles. The van der Waals surface area contributed by atoms with E-state index in [1.807, 2.05) is 0 Å². The number of benzene rings is 1. The van der Waals surface area contributed by atoms with Gasteiger partial charge in [0.25, 0.3) is 15.7 Å². The molecule has 0 saturated heterocycles. The highest BCUT2D eigenvalue weighted by atomic mass is 32.2. The van der Waals surface area contributed by atoms with Crippen LogP contribution < -0.4 is 10.3 Å². The third-order valence-corrected chi connectivity index (χ3v) is 4.76. The quantitative estimate of drug-likeness (QED) is 0.622. The second kappa shape index (κ2) is 6.49. The van der Waals surface area contributed by atoms with Crippen molar-refractivity contribution in [3.63, 3.8) is 0 Å². The number of hydrogen-bond donors (Lipinski definition) is 2. The molecular weight excluding hydrogens is 334 g/mol. The van der Waals surface area contributed by atoms with Gasteiger partial charge in [0.2, 0.25) is 5.95 Å². The Balaban J connectivity index is 2.35. The summed E-state index contributed by atoms with van der Waals surface area (Å²) in [5.41, 5.74) is 4.42. The van der Waals surface area contributed by atoms with E-state index in [0.717, 1.165) is 6.07 Å². The van der Waals surface area contributed by atoms with Crippen molar-refractivity contribution in [3.8, 4) is 0 Å². The summed E-state index contributed by atoms with van der Waals surface area (Å²) in [5.74, 6) is 0.0934. The maximum atomic E-state index is 12.5. The van der Waals surface area contributed by atoms with E-state index < -0.39 is 14.9 Å². The van der Waals surface area contributed by atoms with Crippen LogP contribution in [0.2, 0.25) is 0 Å². The van der Waals surface area contributed by atoms with E-state index in [1.165, 1.54) is 6.07 Å². The van der Waals surface area contributed by atoms with E-state index in [4.69, 9.17) is 0 Å². The number of nitro benzene ring substituents is 1. The Morgan fingerprint density at radius 1 is 1.04 bits per heavy atom. The number of aromatic nitrogens is 2. The summed E-state index contributed by atoms with van der Waals surface area (Å²) in [4.78, 5) is 20.4. The summed E-state index contributed by atoms with van der Waals surface area (Å²) >= 11 is 0. The first-order valence-corrected chi connectivity index (χ1v) is 8.44. The van der Waals surface area contributed by atoms with E-state index in [-0.39, 0.29) is 16.5 Å². The highest BCUT2D eigenvalue weighted by Gasteiger charge is 2.22. The monoisotopic (exact) mass is 351 g/mol. The highest BCUT2D eigenvalue weighted by molar-refractivity contribution is 7.89. The number of rotatable bonds is 5. The number of hydrazine groups is 1. The summed E-state index contributed by atoms with van der Waals surface area (Å²) in [6.07, 6.45) is 0. The van der Waals surface area contributed by atoms with Gasteiger partial charge >= 0.3 is 0 Å². The summed E-state index contributed by atoms with van der Waals surface area (Å²) in [6, 6.07) is 4.09. The maximum absolute atomic E-state index is 12.5. The summed E-state index contributed by atoms with van der Waals surface area (Å²) in [5, 5.41) is 11.0. The molecule has 0 aliphatic rings. The van der Waals surface area contributed by atoms with E-state index in [9.17, 15) is 18.5 Å². The molecule has 0 radical (unpaired) electrons. The summed E-state index contributed by atoms with van der Waals surface area (Å²) in [7, 11) is -4.04. The van der Waals surface area contributed by atoms with Gasteiger partial charge in [-0.25, -0.2) is 18.4 Å². The van der Waals surface area contributed by atoms with Crippen molar-refractivity contribution < 1.29 is 13.3 Å². The topological polar surface area (TPSA) is 127 Å². The molecule has 24 heavy (non-hydrogen) atoms. The molecule has 10 heteroatoms. The van der Waals surface area contributed by atoms with Crippen molar-refractivity contribution in [2.75, 3.05) is 5.43 Å². The SMILES string of the molecule is Cc1cc(C)nc(NNS(=O)(=O)c2cc([N+](=O)[O-])cc(C)c2C)n1. The number of nitrogens with one attached hydrogen (secondary N) is 2. The number of non-ortho nitro benzene ring substituents is 1. The van der Waals surface area contributed by atoms with Crippen LogP contribution in [-0.4, -0.2) is 23.3 Å². The zero-order valence-corrected chi connectivity index (χ0v) is 14.4. The molecule has 0 unspecified atom stereocenters. The van der Waals surface area contributed by atoms with Crippen molar-refractivity contribution in [2.24, 2.45) is 0 Å². The number of nitro groups is 1. The Bertz CT molecular complexity index is 891. The van der Waals surface area contributed by atoms with Gasteiger partial charge in [0.1, 0.15) is 0 Å². The molecule has 2 N–H and O–H groups in total. The fraction of sp³-hybridized carbons (Fsp3) is 0.286. The fourth-order valence-electron chi connectivity index (χ4n) is 2.14. The molecule has 0 spiro atoms. The van der Waals surface area contributed by atoms with Crippen molar-refractivity contribution in [1.82, 2.24) is 14.8 Å². The van der Waals surface area contributed by atoms with Gasteiger partial charge in [-0.1, -0.05) is 0 Å². The number of nitrogens with zero attached hydrogens (tertiary/aromatic N) is 3. The highest BCUT2D eigenvalue weighted by Crippen LogP contribution is 2.25. The Morgan fingerprint density at radius 3 is 2.17 bits per heavy atom. The van der Waals surface area contributed by atoms with Crippen molar-refractivity contribution >= 4 is 21.7 Å². The molecule has 0 bridgehead atoms. The molecule has 128 valence electrons. The number of aryl methyl sites for hydroxylation is 3. The van der Waals surface area contributed by atoms with Gasteiger partial charge < -0.3 is 0 Å². The third kappa shape index (κ3) is 3.84.